The van der Waals surface area contributed by atoms with E-state index in [2.05, 4.69) is 17.4 Å². The topological polar surface area (TPSA) is 58.6 Å². The second-order valence-electron chi connectivity index (χ2n) is 8.18. The highest BCUT2D eigenvalue weighted by Gasteiger charge is 2.34. The van der Waals surface area contributed by atoms with E-state index in [1.807, 2.05) is 53.4 Å². The van der Waals surface area contributed by atoms with Crippen molar-refractivity contribution in [2.24, 2.45) is 5.92 Å². The van der Waals surface area contributed by atoms with Gasteiger partial charge in [0, 0.05) is 31.1 Å². The maximum Gasteiger partial charge on any atom is 0.253 e. The number of methoxy groups -OCH3 is 1. The molecular formula is C27H28N2O3. The summed E-state index contributed by atoms with van der Waals surface area (Å²) in [6.07, 6.45) is 0.719. The SMILES string of the molecule is COc1ccc(C(=O)N2C[C@H](C(=O)NCc3ccccc3)C[C@@H](c3ccccc3)C2)cc1. The van der Waals surface area contributed by atoms with Gasteiger partial charge in [-0.05, 0) is 41.8 Å². The van der Waals surface area contributed by atoms with Gasteiger partial charge in [-0.1, -0.05) is 60.7 Å². The number of carbonyl (C=O) groups excluding carboxylic acids is 2. The molecule has 0 bridgehead atoms. The lowest BCUT2D eigenvalue weighted by molar-refractivity contribution is -0.126. The fourth-order valence-corrected chi connectivity index (χ4v) is 4.27. The Morgan fingerprint density at radius 3 is 2.22 bits per heavy atom. The molecular weight excluding hydrogens is 400 g/mol. The van der Waals surface area contributed by atoms with E-state index in [9.17, 15) is 9.59 Å². The smallest absolute Gasteiger partial charge is 0.253 e. The Kier molecular flexibility index (Phi) is 6.85. The number of carbonyl (C=O) groups is 2. The Morgan fingerprint density at radius 2 is 1.56 bits per heavy atom. The minimum Gasteiger partial charge on any atom is -0.497 e. The fourth-order valence-electron chi connectivity index (χ4n) is 4.27. The largest absolute Gasteiger partial charge is 0.497 e. The summed E-state index contributed by atoms with van der Waals surface area (Å²) < 4.78 is 5.20. The van der Waals surface area contributed by atoms with Crippen molar-refractivity contribution < 1.29 is 14.3 Å². The molecule has 0 unspecified atom stereocenters. The van der Waals surface area contributed by atoms with Gasteiger partial charge < -0.3 is 15.0 Å². The number of ether oxygens (including phenoxy) is 1. The zero-order valence-electron chi connectivity index (χ0n) is 18.2. The number of nitrogens with one attached hydrogen (secondary N) is 1. The van der Waals surface area contributed by atoms with Crippen LogP contribution < -0.4 is 10.1 Å². The quantitative estimate of drug-likeness (QED) is 0.638. The van der Waals surface area contributed by atoms with Gasteiger partial charge in [0.2, 0.25) is 5.91 Å². The number of benzene rings is 3. The second kappa shape index (κ2) is 10.1. The van der Waals surface area contributed by atoms with Gasteiger partial charge in [-0.2, -0.15) is 0 Å². The molecule has 0 saturated carbocycles. The Hall–Kier alpha value is -3.60. The minimum atomic E-state index is -0.264. The first-order valence-corrected chi connectivity index (χ1v) is 10.9. The van der Waals surface area contributed by atoms with Gasteiger partial charge in [0.05, 0.1) is 13.0 Å². The molecule has 1 saturated heterocycles. The van der Waals surface area contributed by atoms with Crippen LogP contribution in [0.3, 0.4) is 0 Å². The molecule has 5 nitrogen and oxygen atoms in total. The third kappa shape index (κ3) is 5.17. The molecule has 0 spiro atoms. The monoisotopic (exact) mass is 428 g/mol. The van der Waals surface area contributed by atoms with Gasteiger partial charge in [-0.25, -0.2) is 0 Å². The summed E-state index contributed by atoms with van der Waals surface area (Å²) in [7, 11) is 1.60. The van der Waals surface area contributed by atoms with Gasteiger partial charge in [0.15, 0.2) is 0 Å². The van der Waals surface area contributed by atoms with Crippen molar-refractivity contribution >= 4 is 11.8 Å². The molecule has 0 aliphatic carbocycles. The van der Waals surface area contributed by atoms with Crippen molar-refractivity contribution in [3.63, 3.8) is 0 Å². The predicted octanol–water partition coefficient (Wildman–Crippen LogP) is 4.26. The Bertz CT molecular complexity index is 1040. The summed E-state index contributed by atoms with van der Waals surface area (Å²) in [4.78, 5) is 28.2. The average molecular weight is 429 g/mol. The third-order valence-corrected chi connectivity index (χ3v) is 6.03. The van der Waals surface area contributed by atoms with E-state index in [0.717, 1.165) is 17.5 Å². The van der Waals surface area contributed by atoms with Crippen LogP contribution >= 0.6 is 0 Å². The third-order valence-electron chi connectivity index (χ3n) is 6.03. The second-order valence-corrected chi connectivity index (χ2v) is 8.18. The van der Waals surface area contributed by atoms with Gasteiger partial charge in [-0.3, -0.25) is 9.59 Å². The van der Waals surface area contributed by atoms with E-state index in [0.29, 0.717) is 30.9 Å². The van der Waals surface area contributed by atoms with Gasteiger partial charge >= 0.3 is 0 Å². The number of nitrogens with zero attached hydrogens (tertiary/aromatic N) is 1. The fraction of sp³-hybridized carbons (Fsp3) is 0.259. The normalized spacial score (nSPS) is 18.1. The molecule has 32 heavy (non-hydrogen) atoms. The molecule has 1 aliphatic heterocycles. The number of hydrogen-bond acceptors (Lipinski definition) is 3. The van der Waals surface area contributed by atoms with Gasteiger partial charge in [0.1, 0.15) is 5.75 Å². The van der Waals surface area contributed by atoms with Crippen LogP contribution in [0.25, 0.3) is 0 Å². The van der Waals surface area contributed by atoms with Crippen LogP contribution in [-0.2, 0) is 11.3 Å². The molecule has 1 aliphatic rings. The molecule has 3 aromatic rings. The van der Waals surface area contributed by atoms with E-state index in [1.54, 1.807) is 31.4 Å². The number of likely N-dealkylation sites (tertiary alicyclic amines) is 1. The molecule has 1 fully saturated rings. The first kappa shape index (κ1) is 21.6. The Morgan fingerprint density at radius 1 is 0.906 bits per heavy atom. The van der Waals surface area contributed by atoms with Gasteiger partial charge in [-0.15, -0.1) is 0 Å². The van der Waals surface area contributed by atoms with E-state index >= 15 is 0 Å². The van der Waals surface area contributed by atoms with Crippen molar-refractivity contribution in [1.29, 1.82) is 0 Å². The zero-order chi connectivity index (χ0) is 22.3. The van der Waals surface area contributed by atoms with Gasteiger partial charge in [0.25, 0.3) is 5.91 Å². The maximum absolute atomic E-state index is 13.3. The van der Waals surface area contributed by atoms with E-state index in [-0.39, 0.29) is 23.7 Å². The summed E-state index contributed by atoms with van der Waals surface area (Å²) in [6, 6.07) is 27.1. The minimum absolute atomic E-state index is 0.0120. The lowest BCUT2D eigenvalue weighted by atomic mass is 9.83. The highest BCUT2D eigenvalue weighted by atomic mass is 16.5. The zero-order valence-corrected chi connectivity index (χ0v) is 18.2. The summed E-state index contributed by atoms with van der Waals surface area (Å²) in [5, 5.41) is 3.06. The highest BCUT2D eigenvalue weighted by Crippen LogP contribution is 2.31. The molecule has 0 radical (unpaired) electrons. The first-order valence-electron chi connectivity index (χ1n) is 10.9. The summed E-state index contributed by atoms with van der Waals surface area (Å²) in [6.45, 7) is 1.49. The van der Waals surface area contributed by atoms with Crippen LogP contribution in [0.5, 0.6) is 5.75 Å². The number of rotatable bonds is 6. The maximum atomic E-state index is 13.3. The molecule has 1 heterocycles. The van der Waals surface area contributed by atoms with Crippen LogP contribution in [-0.4, -0.2) is 36.9 Å². The molecule has 1 N–H and O–H groups in total. The highest BCUT2D eigenvalue weighted by molar-refractivity contribution is 5.95. The van der Waals surface area contributed by atoms with Crippen molar-refractivity contribution in [3.05, 3.63) is 102 Å². The standard InChI is InChI=1S/C27H28N2O3/c1-32-25-14-12-22(13-15-25)27(31)29-18-23(21-10-6-3-7-11-21)16-24(19-29)26(30)28-17-20-8-4-2-5-9-20/h2-15,23-24H,16-19H2,1H3,(H,28,30)/t23-,24-/m1/s1. The van der Waals surface area contributed by atoms with Crippen molar-refractivity contribution in [3.8, 4) is 5.75 Å². The molecule has 0 aromatic heterocycles. The summed E-state index contributed by atoms with van der Waals surface area (Å²) >= 11 is 0. The number of piperidine rings is 1. The van der Waals surface area contributed by atoms with E-state index in [4.69, 9.17) is 4.74 Å². The van der Waals surface area contributed by atoms with Crippen LogP contribution in [0.15, 0.2) is 84.9 Å². The Labute approximate surface area is 189 Å². The van der Waals surface area contributed by atoms with E-state index < -0.39 is 0 Å². The molecule has 2 amide bonds. The number of hydrogen-bond donors (Lipinski definition) is 1. The Balaban J connectivity index is 1.51. The molecule has 4 rings (SSSR count). The van der Waals surface area contributed by atoms with Crippen molar-refractivity contribution in [2.45, 2.75) is 18.9 Å². The van der Waals surface area contributed by atoms with Crippen LogP contribution in [0, 0.1) is 5.92 Å². The average Bonchev–Trinajstić information content (AvgIpc) is 2.87. The predicted molar refractivity (Wildman–Crippen MR) is 124 cm³/mol. The molecule has 164 valence electrons. The van der Waals surface area contributed by atoms with Crippen LogP contribution in [0.2, 0.25) is 0 Å². The van der Waals surface area contributed by atoms with E-state index in [1.165, 1.54) is 0 Å². The summed E-state index contributed by atoms with van der Waals surface area (Å²) in [5.41, 5.74) is 2.81. The summed E-state index contributed by atoms with van der Waals surface area (Å²) in [5.74, 6) is 0.483. The lowest BCUT2D eigenvalue weighted by Crippen LogP contribution is -2.48. The lowest BCUT2D eigenvalue weighted by Gasteiger charge is -2.37. The van der Waals surface area contributed by atoms with Crippen molar-refractivity contribution in [1.82, 2.24) is 10.2 Å². The molecule has 5 heteroatoms. The molecule has 2 atom stereocenters. The van der Waals surface area contributed by atoms with Crippen LogP contribution in [0.1, 0.15) is 33.8 Å². The van der Waals surface area contributed by atoms with Crippen molar-refractivity contribution in [2.75, 3.05) is 20.2 Å². The first-order chi connectivity index (χ1) is 15.6. The molecule has 3 aromatic carbocycles. The van der Waals surface area contributed by atoms with Crippen LogP contribution in [0.4, 0.5) is 0 Å². The number of amides is 2.